The van der Waals surface area contributed by atoms with Crippen LogP contribution in [0.25, 0.3) is 11.3 Å². The molecule has 236 valence electrons. The molecule has 3 aromatic rings. The SMILES string of the molecule is COC[C@@]1(O)CCCC[C@H]1n1cnc(C(=O)N2CCN(C(=O)OC(C)(C)C)C[C@H]2Cc2ccccc2)c1-c1cccc(F)c1. The molecule has 0 bridgehead atoms. The highest BCUT2D eigenvalue weighted by atomic mass is 19.1. The van der Waals surface area contributed by atoms with Crippen molar-refractivity contribution in [3.8, 4) is 11.3 Å². The molecule has 1 saturated heterocycles. The van der Waals surface area contributed by atoms with Crippen molar-refractivity contribution in [2.75, 3.05) is 33.4 Å². The Labute approximate surface area is 258 Å². The van der Waals surface area contributed by atoms with Gasteiger partial charge in [0.25, 0.3) is 5.91 Å². The molecule has 0 radical (unpaired) electrons. The van der Waals surface area contributed by atoms with Gasteiger partial charge in [0.2, 0.25) is 0 Å². The number of rotatable bonds is 7. The van der Waals surface area contributed by atoms with Crippen molar-refractivity contribution < 1.29 is 28.6 Å². The summed E-state index contributed by atoms with van der Waals surface area (Å²) in [5.41, 5.74) is 0.376. The van der Waals surface area contributed by atoms with Crippen molar-refractivity contribution in [1.29, 1.82) is 0 Å². The number of hydrogen-bond acceptors (Lipinski definition) is 6. The largest absolute Gasteiger partial charge is 0.444 e. The van der Waals surface area contributed by atoms with Crippen LogP contribution in [0.15, 0.2) is 60.9 Å². The number of benzene rings is 2. The third kappa shape index (κ3) is 6.97. The normalized spacial score (nSPS) is 22.6. The van der Waals surface area contributed by atoms with Crippen molar-refractivity contribution in [2.45, 2.75) is 76.2 Å². The summed E-state index contributed by atoms with van der Waals surface area (Å²) < 4.78 is 27.5. The highest BCUT2D eigenvalue weighted by Gasteiger charge is 2.43. The minimum absolute atomic E-state index is 0.132. The van der Waals surface area contributed by atoms with E-state index in [1.54, 1.807) is 35.4 Å². The molecule has 1 aliphatic carbocycles. The molecule has 1 aliphatic heterocycles. The van der Waals surface area contributed by atoms with Crippen LogP contribution in [0.2, 0.25) is 0 Å². The number of carbonyl (C=O) groups is 2. The average molecular weight is 607 g/mol. The second-order valence-electron chi connectivity index (χ2n) is 12.9. The number of imidazole rings is 1. The van der Waals surface area contributed by atoms with Crippen LogP contribution in [-0.4, -0.2) is 87.1 Å². The van der Waals surface area contributed by atoms with Crippen LogP contribution in [-0.2, 0) is 15.9 Å². The van der Waals surface area contributed by atoms with Gasteiger partial charge in [0.1, 0.15) is 17.0 Å². The zero-order valence-corrected chi connectivity index (χ0v) is 26.0. The van der Waals surface area contributed by atoms with Gasteiger partial charge >= 0.3 is 6.09 Å². The van der Waals surface area contributed by atoms with E-state index in [1.165, 1.54) is 12.1 Å². The van der Waals surface area contributed by atoms with Crippen LogP contribution in [0.3, 0.4) is 0 Å². The molecule has 1 N–H and O–H groups in total. The molecular weight excluding hydrogens is 563 g/mol. The Morgan fingerprint density at radius 2 is 1.86 bits per heavy atom. The highest BCUT2D eigenvalue weighted by Crippen LogP contribution is 2.41. The van der Waals surface area contributed by atoms with Gasteiger partial charge in [-0.15, -0.1) is 0 Å². The Balaban J connectivity index is 1.53. The summed E-state index contributed by atoms with van der Waals surface area (Å²) >= 11 is 0. The number of halogens is 1. The molecule has 9 nitrogen and oxygen atoms in total. The van der Waals surface area contributed by atoms with E-state index in [4.69, 9.17) is 9.47 Å². The molecule has 10 heteroatoms. The summed E-state index contributed by atoms with van der Waals surface area (Å²) in [5.74, 6) is -0.740. The number of ether oxygens (including phenoxy) is 2. The number of aromatic nitrogens is 2. The number of hydrogen-bond donors (Lipinski definition) is 1. The van der Waals surface area contributed by atoms with Crippen LogP contribution in [0.4, 0.5) is 9.18 Å². The Morgan fingerprint density at radius 1 is 1.09 bits per heavy atom. The van der Waals surface area contributed by atoms with E-state index in [-0.39, 0.29) is 30.8 Å². The van der Waals surface area contributed by atoms with Crippen molar-refractivity contribution in [3.63, 3.8) is 0 Å². The number of methoxy groups -OCH3 is 1. The van der Waals surface area contributed by atoms with Gasteiger partial charge in [-0.3, -0.25) is 4.79 Å². The van der Waals surface area contributed by atoms with E-state index in [2.05, 4.69) is 4.98 Å². The summed E-state index contributed by atoms with van der Waals surface area (Å²) in [7, 11) is 1.56. The molecule has 3 atom stereocenters. The highest BCUT2D eigenvalue weighted by molar-refractivity contribution is 5.98. The van der Waals surface area contributed by atoms with Gasteiger partial charge in [-0.05, 0) is 57.7 Å². The summed E-state index contributed by atoms with van der Waals surface area (Å²) in [4.78, 5) is 35.6. The first kappa shape index (κ1) is 31.7. The molecule has 2 heterocycles. The molecule has 2 fully saturated rings. The third-order valence-electron chi connectivity index (χ3n) is 8.49. The summed E-state index contributed by atoms with van der Waals surface area (Å²) in [5, 5.41) is 11.7. The lowest BCUT2D eigenvalue weighted by atomic mass is 9.80. The zero-order valence-electron chi connectivity index (χ0n) is 26.0. The summed E-state index contributed by atoms with van der Waals surface area (Å²) in [6.07, 6.45) is 4.66. The van der Waals surface area contributed by atoms with Crippen molar-refractivity contribution in [3.05, 3.63) is 78.0 Å². The lowest BCUT2D eigenvalue weighted by molar-refractivity contribution is -0.0893. The maximum Gasteiger partial charge on any atom is 0.410 e. The van der Waals surface area contributed by atoms with Gasteiger partial charge in [0, 0.05) is 32.3 Å². The molecule has 1 aromatic heterocycles. The molecule has 1 saturated carbocycles. The number of carbonyl (C=O) groups excluding carboxylic acids is 2. The Kier molecular flexibility index (Phi) is 9.41. The minimum Gasteiger partial charge on any atom is -0.444 e. The van der Waals surface area contributed by atoms with E-state index >= 15 is 0 Å². The third-order valence-corrected chi connectivity index (χ3v) is 8.49. The predicted octanol–water partition coefficient (Wildman–Crippen LogP) is 5.49. The molecule has 0 spiro atoms. The van der Waals surface area contributed by atoms with E-state index in [0.717, 1.165) is 18.4 Å². The van der Waals surface area contributed by atoms with Gasteiger partial charge in [-0.1, -0.05) is 55.3 Å². The molecule has 44 heavy (non-hydrogen) atoms. The molecule has 2 aromatic carbocycles. The van der Waals surface area contributed by atoms with E-state index in [1.807, 2.05) is 55.7 Å². The van der Waals surface area contributed by atoms with Crippen molar-refractivity contribution >= 4 is 12.0 Å². The van der Waals surface area contributed by atoms with Gasteiger partial charge in [0.05, 0.1) is 30.7 Å². The monoisotopic (exact) mass is 606 g/mol. The first-order valence-corrected chi connectivity index (χ1v) is 15.4. The zero-order chi connectivity index (χ0) is 31.5. The predicted molar refractivity (Wildman–Crippen MR) is 165 cm³/mol. The molecule has 5 rings (SSSR count). The lowest BCUT2D eigenvalue weighted by Gasteiger charge is -2.42. The maximum absolute atomic E-state index is 14.6. The fourth-order valence-corrected chi connectivity index (χ4v) is 6.51. The topological polar surface area (TPSA) is 97.1 Å². The molecule has 2 aliphatic rings. The first-order chi connectivity index (χ1) is 21.0. The minimum atomic E-state index is -1.16. The van der Waals surface area contributed by atoms with Crippen LogP contribution in [0.1, 0.15) is 68.5 Å². The number of amides is 2. The maximum atomic E-state index is 14.6. The standard InChI is InChI=1S/C34H43FN4O5/c1-33(2,3)44-32(41)37-17-18-38(27(21-37)19-24-11-6-5-7-12-24)31(40)29-30(25-13-10-14-26(35)20-25)39(23-36-29)28-15-8-9-16-34(28,42)22-43-4/h5-7,10-14,20,23,27-28,42H,8-9,15-19,21-22H2,1-4H3/t27-,28-,34+/m1/s1. The van der Waals surface area contributed by atoms with Gasteiger partial charge in [-0.25, -0.2) is 14.2 Å². The Hall–Kier alpha value is -3.76. The number of piperazine rings is 1. The molecular formula is C34H43FN4O5. The Bertz CT molecular complexity index is 1450. The molecule has 0 unspecified atom stereocenters. The van der Waals surface area contributed by atoms with Crippen LogP contribution in [0, 0.1) is 5.82 Å². The fourth-order valence-electron chi connectivity index (χ4n) is 6.51. The first-order valence-electron chi connectivity index (χ1n) is 15.4. The van der Waals surface area contributed by atoms with Crippen molar-refractivity contribution in [2.24, 2.45) is 0 Å². The van der Waals surface area contributed by atoms with Gasteiger partial charge in [0.15, 0.2) is 5.69 Å². The summed E-state index contributed by atoms with van der Waals surface area (Å²) in [6.45, 7) is 6.50. The van der Waals surface area contributed by atoms with Crippen molar-refractivity contribution in [1.82, 2.24) is 19.4 Å². The van der Waals surface area contributed by atoms with Gasteiger partial charge in [-0.2, -0.15) is 0 Å². The van der Waals surface area contributed by atoms with E-state index < -0.39 is 29.2 Å². The quantitative estimate of drug-likeness (QED) is 0.382. The second-order valence-corrected chi connectivity index (χ2v) is 12.9. The Morgan fingerprint density at radius 3 is 2.57 bits per heavy atom. The van der Waals surface area contributed by atoms with E-state index in [9.17, 15) is 19.1 Å². The van der Waals surface area contributed by atoms with E-state index in [0.29, 0.717) is 43.6 Å². The van der Waals surface area contributed by atoms with Crippen LogP contribution < -0.4 is 0 Å². The van der Waals surface area contributed by atoms with Gasteiger partial charge < -0.3 is 28.9 Å². The van der Waals surface area contributed by atoms with Crippen LogP contribution >= 0.6 is 0 Å². The summed E-state index contributed by atoms with van der Waals surface area (Å²) in [6, 6.07) is 15.2. The number of nitrogens with zero attached hydrogens (tertiary/aromatic N) is 4. The number of aliphatic hydroxyl groups is 1. The second kappa shape index (κ2) is 13.1. The molecule has 2 amide bonds. The smallest absolute Gasteiger partial charge is 0.410 e. The fraction of sp³-hybridized carbons (Fsp3) is 0.500. The van der Waals surface area contributed by atoms with Crippen LogP contribution in [0.5, 0.6) is 0 Å². The lowest BCUT2D eigenvalue weighted by Crippen LogP contribution is -2.58. The average Bonchev–Trinajstić information content (AvgIpc) is 3.41.